The Balaban J connectivity index is 0.00000425. The van der Waals surface area contributed by atoms with Gasteiger partial charge in [0.2, 0.25) is 6.41 Å². The molecule has 3 aromatic rings. The molecule has 0 spiro atoms. The predicted octanol–water partition coefficient (Wildman–Crippen LogP) is 9.54. The molecule has 3 aromatic carbocycles. The number of alkyl halides is 9. The highest BCUT2D eigenvalue weighted by atomic mass is 35.5. The summed E-state index contributed by atoms with van der Waals surface area (Å²) < 4.78 is 139. The molecule has 17 heteroatoms. The molecule has 3 rings (SSSR count). The van der Waals surface area contributed by atoms with Crippen molar-refractivity contribution in [3.8, 4) is 22.6 Å². The fourth-order valence-electron chi connectivity index (χ4n) is 4.94. The lowest BCUT2D eigenvalue weighted by Gasteiger charge is -2.33. The zero-order valence-electron chi connectivity index (χ0n) is 27.1. The number of rotatable bonds is 14. The molecule has 0 fully saturated rings. The van der Waals surface area contributed by atoms with E-state index in [-0.39, 0.29) is 52.3 Å². The molecule has 0 aliphatic rings. The Morgan fingerprint density at radius 3 is 1.90 bits per heavy atom. The van der Waals surface area contributed by atoms with Crippen LogP contribution in [0.3, 0.4) is 0 Å². The summed E-state index contributed by atoms with van der Waals surface area (Å²) in [7, 11) is 3.81. The molecule has 0 heterocycles. The van der Waals surface area contributed by atoms with E-state index >= 15 is 0 Å². The maximum atomic E-state index is 13.9. The van der Waals surface area contributed by atoms with E-state index in [2.05, 4.69) is 5.73 Å². The largest absolute Gasteiger partial charge is 0.496 e. The summed E-state index contributed by atoms with van der Waals surface area (Å²) in [5, 5.41) is 1.66. The summed E-state index contributed by atoms with van der Waals surface area (Å²) in [5.74, 6) is 0.309. The van der Waals surface area contributed by atoms with Gasteiger partial charge in [0.25, 0.3) is 0 Å². The van der Waals surface area contributed by atoms with E-state index in [4.69, 9.17) is 38.0 Å². The number of halogens is 10. The standard InChI is InChI=1S/C32H29ClF9NO4S.CH5N/c1-18(29(46-3)19-10-22(31(37,38)39)13-23(11-19)32(40,41)42)43(17-44)16-20-12-21(30(34,35)36)6-7-24(20)25-14-28(47-8-4-5-9-48)26(33)15-27(25)45-2;1-2/h6-7,9-15,17-18,29H,4-5,8,16H2,1-3H3;2H2,1H3/t18-,29-;/m0./s1. The van der Waals surface area contributed by atoms with Gasteiger partial charge in [0.05, 0.1) is 41.5 Å². The van der Waals surface area contributed by atoms with Gasteiger partial charge in [-0.3, -0.25) is 4.79 Å². The van der Waals surface area contributed by atoms with Gasteiger partial charge in [0.1, 0.15) is 17.6 Å². The Bertz CT molecular complexity index is 1570. The third-order valence-electron chi connectivity index (χ3n) is 7.34. The van der Waals surface area contributed by atoms with Crippen molar-refractivity contribution in [2.75, 3.05) is 27.9 Å². The lowest BCUT2D eigenvalue weighted by atomic mass is 9.94. The van der Waals surface area contributed by atoms with Crippen LogP contribution in [0.25, 0.3) is 11.1 Å². The van der Waals surface area contributed by atoms with Gasteiger partial charge < -0.3 is 24.8 Å². The van der Waals surface area contributed by atoms with E-state index in [9.17, 15) is 44.3 Å². The minimum atomic E-state index is -5.15. The Morgan fingerprint density at radius 1 is 0.840 bits per heavy atom. The second-order valence-corrected chi connectivity index (χ2v) is 11.3. The highest BCUT2D eigenvalue weighted by molar-refractivity contribution is 7.78. The van der Waals surface area contributed by atoms with E-state index < -0.39 is 59.5 Å². The molecule has 0 aromatic heterocycles. The number of amides is 1. The van der Waals surface area contributed by atoms with Crippen molar-refractivity contribution >= 4 is 35.6 Å². The van der Waals surface area contributed by atoms with Crippen LogP contribution in [-0.2, 0) is 34.6 Å². The molecule has 0 radical (unpaired) electrons. The molecule has 0 aliphatic heterocycles. The number of nitrogens with two attached hydrogens (primary N) is 1. The summed E-state index contributed by atoms with van der Waals surface area (Å²) in [5.41, 5.74) is -0.0648. The van der Waals surface area contributed by atoms with Gasteiger partial charge in [-0.05, 0) is 85.3 Å². The molecule has 50 heavy (non-hydrogen) atoms. The van der Waals surface area contributed by atoms with Crippen LogP contribution in [0.5, 0.6) is 11.5 Å². The first-order chi connectivity index (χ1) is 23.3. The van der Waals surface area contributed by atoms with Crippen molar-refractivity contribution in [2.24, 2.45) is 5.73 Å². The van der Waals surface area contributed by atoms with Crippen molar-refractivity contribution in [1.29, 1.82) is 0 Å². The number of thiocarbonyl (C=S) groups is 1. The molecule has 0 saturated carbocycles. The average Bonchev–Trinajstić information content (AvgIpc) is 3.05. The maximum Gasteiger partial charge on any atom is 0.416 e. The lowest BCUT2D eigenvalue weighted by molar-refractivity contribution is -0.143. The first kappa shape index (κ1) is 42.6. The zero-order valence-corrected chi connectivity index (χ0v) is 28.7. The second kappa shape index (κ2) is 18.1. The minimum Gasteiger partial charge on any atom is -0.496 e. The van der Waals surface area contributed by atoms with Gasteiger partial charge in [-0.25, -0.2) is 0 Å². The van der Waals surface area contributed by atoms with Gasteiger partial charge in [0.15, 0.2) is 0 Å². The Labute approximate surface area is 293 Å². The van der Waals surface area contributed by atoms with Gasteiger partial charge in [-0.1, -0.05) is 29.9 Å². The molecular weight excluding hydrogens is 727 g/mol. The van der Waals surface area contributed by atoms with Crippen molar-refractivity contribution in [3.63, 3.8) is 0 Å². The van der Waals surface area contributed by atoms with Crippen molar-refractivity contribution in [3.05, 3.63) is 81.4 Å². The first-order valence-electron chi connectivity index (χ1n) is 14.6. The SMILES string of the molecule is CN.COc1cc(Cl)c(OCCCC=S)cc1-c1ccc(C(F)(F)F)cc1CN(C=O)[C@@H](C)[C@H](OC)c1cc(C(F)(F)F)cc(C(F)(F)F)c1. The van der Waals surface area contributed by atoms with Crippen molar-refractivity contribution in [2.45, 2.75) is 57.0 Å². The Hall–Kier alpha value is -3.60. The highest BCUT2D eigenvalue weighted by Gasteiger charge is 2.39. The topological polar surface area (TPSA) is 74.0 Å². The molecule has 1 amide bonds. The first-order valence-corrected chi connectivity index (χ1v) is 15.5. The lowest BCUT2D eigenvalue weighted by Crippen LogP contribution is -2.37. The number of methoxy groups -OCH3 is 2. The molecule has 276 valence electrons. The molecule has 0 bridgehead atoms. The van der Waals surface area contributed by atoms with Gasteiger partial charge in [0, 0.05) is 25.3 Å². The van der Waals surface area contributed by atoms with Crippen LogP contribution in [0.4, 0.5) is 39.5 Å². The van der Waals surface area contributed by atoms with Gasteiger partial charge in [-0.2, -0.15) is 39.5 Å². The van der Waals surface area contributed by atoms with Crippen LogP contribution in [0, 0.1) is 0 Å². The fourth-order valence-corrected chi connectivity index (χ4v) is 5.32. The Kier molecular flexibility index (Phi) is 15.4. The summed E-state index contributed by atoms with van der Waals surface area (Å²) in [6.07, 6.45) is -15.4. The fraction of sp³-hybridized carbons (Fsp3) is 0.394. The molecule has 0 aliphatic carbocycles. The normalized spacial score (nSPS) is 13.1. The van der Waals surface area contributed by atoms with Crippen LogP contribution in [0.1, 0.15) is 53.7 Å². The van der Waals surface area contributed by atoms with Crippen molar-refractivity contribution in [1.82, 2.24) is 4.90 Å². The monoisotopic (exact) mass is 760 g/mol. The number of unbranched alkanes of at least 4 members (excludes halogenated alkanes) is 1. The number of hydrogen-bond donors (Lipinski definition) is 1. The number of ether oxygens (including phenoxy) is 3. The molecule has 6 nitrogen and oxygen atoms in total. The predicted molar refractivity (Wildman–Crippen MR) is 174 cm³/mol. The smallest absolute Gasteiger partial charge is 0.416 e. The summed E-state index contributed by atoms with van der Waals surface area (Å²) in [4.78, 5) is 13.3. The van der Waals surface area contributed by atoms with Crippen LogP contribution in [-0.4, -0.2) is 50.6 Å². The minimum absolute atomic E-state index is 0.0532. The molecular formula is C33H34ClF9N2O4S. The summed E-state index contributed by atoms with van der Waals surface area (Å²) >= 11 is 11.2. The number of carbonyl (C=O) groups excluding carboxylic acids is 1. The molecule has 0 saturated heterocycles. The van der Waals surface area contributed by atoms with E-state index in [0.717, 1.165) is 30.2 Å². The van der Waals surface area contributed by atoms with E-state index in [1.807, 2.05) is 0 Å². The van der Waals surface area contributed by atoms with Gasteiger partial charge in [-0.15, -0.1) is 0 Å². The second-order valence-electron chi connectivity index (χ2n) is 10.5. The van der Waals surface area contributed by atoms with E-state index in [1.165, 1.54) is 38.6 Å². The zero-order chi connectivity index (χ0) is 38.0. The Morgan fingerprint density at radius 2 is 1.42 bits per heavy atom. The third-order valence-corrected chi connectivity index (χ3v) is 7.87. The van der Waals surface area contributed by atoms with Crippen LogP contribution in [0.2, 0.25) is 5.02 Å². The van der Waals surface area contributed by atoms with Crippen LogP contribution < -0.4 is 15.2 Å². The number of carbonyl (C=O) groups is 1. The number of nitrogens with zero attached hydrogens (tertiary/aromatic N) is 1. The van der Waals surface area contributed by atoms with Crippen molar-refractivity contribution < 1.29 is 58.5 Å². The van der Waals surface area contributed by atoms with E-state index in [1.54, 1.807) is 0 Å². The third kappa shape index (κ3) is 10.9. The summed E-state index contributed by atoms with van der Waals surface area (Å²) in [6, 6.07) is 5.15. The molecule has 2 N–H and O–H groups in total. The number of hydrogen-bond acceptors (Lipinski definition) is 6. The highest BCUT2D eigenvalue weighted by Crippen LogP contribution is 2.43. The van der Waals surface area contributed by atoms with Crippen LogP contribution in [0.15, 0.2) is 48.5 Å². The van der Waals surface area contributed by atoms with Crippen LogP contribution >= 0.6 is 23.8 Å². The summed E-state index contributed by atoms with van der Waals surface area (Å²) in [6.45, 7) is 0.906. The quantitative estimate of drug-likeness (QED) is 0.0764. The van der Waals surface area contributed by atoms with E-state index in [0.29, 0.717) is 25.0 Å². The molecule has 0 unspecified atom stereocenters. The maximum absolute atomic E-state index is 13.9. The average molecular weight is 761 g/mol. The van der Waals surface area contributed by atoms with Gasteiger partial charge >= 0.3 is 18.5 Å². The molecule has 2 atom stereocenters. The number of benzene rings is 3.